The van der Waals surface area contributed by atoms with Gasteiger partial charge in [-0.15, -0.1) is 0 Å². The van der Waals surface area contributed by atoms with Crippen LogP contribution in [0.1, 0.15) is 23.7 Å². The molecule has 0 fully saturated rings. The minimum atomic E-state index is -0.352. The summed E-state index contributed by atoms with van der Waals surface area (Å²) < 4.78 is 16.1. The standard InChI is InChI=1S/C10H7IO4/c1-2-6(11)14-8-5-3-4-7(13-5)9(8)15-10(4)12/h3,6H,2H2,1H3. The number of alkyl halides is 1. The minimum Gasteiger partial charge on any atom is -0.472 e. The number of carbonyl (C=O) groups is 1. The van der Waals surface area contributed by atoms with Gasteiger partial charge >= 0.3 is 5.97 Å². The van der Waals surface area contributed by atoms with Crippen LogP contribution in [0.5, 0.6) is 11.5 Å². The lowest BCUT2D eigenvalue weighted by atomic mass is 10.2. The van der Waals surface area contributed by atoms with Crippen LogP contribution >= 0.6 is 22.6 Å². The molecule has 0 radical (unpaired) electrons. The molecule has 0 saturated heterocycles. The molecule has 4 nitrogen and oxygen atoms in total. The highest BCUT2D eigenvalue weighted by molar-refractivity contribution is 14.1. The van der Waals surface area contributed by atoms with Gasteiger partial charge in [-0.2, -0.15) is 0 Å². The number of fused-ring (bicyclic) bond motifs is 1. The Labute approximate surface area is 99.0 Å². The molecule has 0 spiro atoms. The molecule has 1 aliphatic rings. The van der Waals surface area contributed by atoms with E-state index in [1.165, 1.54) is 0 Å². The quantitative estimate of drug-likeness (QED) is 0.496. The van der Waals surface area contributed by atoms with Crippen molar-refractivity contribution in [2.75, 3.05) is 0 Å². The van der Waals surface area contributed by atoms with Gasteiger partial charge in [0.05, 0.1) is 0 Å². The van der Waals surface area contributed by atoms with Gasteiger partial charge in [0, 0.05) is 6.07 Å². The van der Waals surface area contributed by atoms with E-state index in [4.69, 9.17) is 13.9 Å². The molecule has 1 atom stereocenters. The second-order valence-corrected chi connectivity index (χ2v) is 4.73. The fourth-order valence-corrected chi connectivity index (χ4v) is 1.86. The summed E-state index contributed by atoms with van der Waals surface area (Å²) in [5.74, 6) is 0.651. The number of ether oxygens (including phenoxy) is 2. The van der Waals surface area contributed by atoms with Crippen LogP contribution in [0, 0.1) is 0 Å². The fourth-order valence-electron chi connectivity index (χ4n) is 1.60. The van der Waals surface area contributed by atoms with Gasteiger partial charge in [0.2, 0.25) is 11.5 Å². The molecule has 1 aliphatic heterocycles. The number of hydrogen-bond acceptors (Lipinski definition) is 4. The molecule has 2 bridgehead atoms. The Kier molecular flexibility index (Phi) is 1.86. The highest BCUT2D eigenvalue weighted by atomic mass is 127. The van der Waals surface area contributed by atoms with E-state index in [9.17, 15) is 4.79 Å². The number of benzene rings is 1. The van der Waals surface area contributed by atoms with E-state index in [0.29, 0.717) is 28.2 Å². The van der Waals surface area contributed by atoms with Crippen molar-refractivity contribution in [3.05, 3.63) is 11.6 Å². The van der Waals surface area contributed by atoms with Crippen LogP contribution in [-0.2, 0) is 0 Å². The van der Waals surface area contributed by atoms with Crippen molar-refractivity contribution in [3.8, 4) is 11.5 Å². The SMILES string of the molecule is CCC(I)Oc1c2c3oc1cc3C(=O)O2. The van der Waals surface area contributed by atoms with Crippen molar-refractivity contribution in [3.63, 3.8) is 0 Å². The van der Waals surface area contributed by atoms with Crippen LogP contribution in [0.15, 0.2) is 10.5 Å². The first kappa shape index (κ1) is 9.26. The second-order valence-electron chi connectivity index (χ2n) is 3.34. The van der Waals surface area contributed by atoms with Crippen LogP contribution in [-0.4, -0.2) is 10.1 Å². The average molecular weight is 318 g/mol. The van der Waals surface area contributed by atoms with E-state index >= 15 is 0 Å². The molecule has 0 aromatic carbocycles. The molecule has 3 heterocycles. The van der Waals surface area contributed by atoms with Gasteiger partial charge in [-0.1, -0.05) is 6.92 Å². The van der Waals surface area contributed by atoms with Gasteiger partial charge in [-0.05, 0) is 29.0 Å². The summed E-state index contributed by atoms with van der Waals surface area (Å²) in [5, 5.41) is 0. The van der Waals surface area contributed by atoms with E-state index in [0.717, 1.165) is 6.42 Å². The first-order chi connectivity index (χ1) is 7.20. The predicted octanol–water partition coefficient (Wildman–Crippen LogP) is 2.95. The van der Waals surface area contributed by atoms with E-state index < -0.39 is 0 Å². The molecule has 5 heteroatoms. The molecule has 1 unspecified atom stereocenters. The number of carbonyl (C=O) groups excluding carboxylic acids is 1. The maximum Gasteiger partial charge on any atom is 0.347 e. The Balaban J connectivity index is 2.05. The van der Waals surface area contributed by atoms with E-state index in [1.807, 2.05) is 6.92 Å². The summed E-state index contributed by atoms with van der Waals surface area (Å²) in [6.07, 6.45) is 0.879. The zero-order valence-corrected chi connectivity index (χ0v) is 10.0. The Morgan fingerprint density at radius 2 is 2.40 bits per heavy atom. The molecule has 0 amide bonds. The van der Waals surface area contributed by atoms with E-state index in [-0.39, 0.29) is 10.1 Å². The van der Waals surface area contributed by atoms with Crippen LogP contribution < -0.4 is 9.47 Å². The first-order valence-corrected chi connectivity index (χ1v) is 5.87. The number of furan rings is 2. The Morgan fingerprint density at radius 1 is 1.60 bits per heavy atom. The van der Waals surface area contributed by atoms with Gasteiger partial charge in [0.1, 0.15) is 9.67 Å². The van der Waals surface area contributed by atoms with Crippen molar-refractivity contribution in [2.45, 2.75) is 17.5 Å². The maximum atomic E-state index is 11.3. The smallest absolute Gasteiger partial charge is 0.347 e. The number of halogens is 1. The largest absolute Gasteiger partial charge is 0.472 e. The molecule has 0 saturated carbocycles. The van der Waals surface area contributed by atoms with E-state index in [1.54, 1.807) is 6.07 Å². The summed E-state index contributed by atoms with van der Waals surface area (Å²) in [6, 6.07) is 1.67. The number of esters is 1. The van der Waals surface area contributed by atoms with Crippen molar-refractivity contribution >= 4 is 39.7 Å². The normalized spacial score (nSPS) is 16.0. The minimum absolute atomic E-state index is 0.0531. The average Bonchev–Trinajstić information content (AvgIpc) is 2.81. The molecular formula is C10H7IO4. The van der Waals surface area contributed by atoms with Crippen molar-refractivity contribution in [1.82, 2.24) is 0 Å². The second kappa shape index (κ2) is 3.01. The Bertz CT molecular complexity index is 530. The van der Waals surface area contributed by atoms with Gasteiger partial charge in [-0.25, -0.2) is 4.79 Å². The Hall–Kier alpha value is -0.980. The zero-order chi connectivity index (χ0) is 10.6. The molecule has 3 rings (SSSR count). The topological polar surface area (TPSA) is 48.7 Å². The summed E-state index contributed by atoms with van der Waals surface area (Å²) in [7, 11) is 0. The van der Waals surface area contributed by atoms with Gasteiger partial charge in [0.25, 0.3) is 0 Å². The summed E-state index contributed by atoms with van der Waals surface area (Å²) in [4.78, 5) is 11.3. The lowest BCUT2D eigenvalue weighted by Gasteiger charge is -2.09. The van der Waals surface area contributed by atoms with Crippen LogP contribution in [0.25, 0.3) is 11.2 Å². The highest BCUT2D eigenvalue weighted by Crippen LogP contribution is 2.49. The fraction of sp³-hybridized carbons (Fsp3) is 0.300. The van der Waals surface area contributed by atoms with Crippen molar-refractivity contribution in [2.24, 2.45) is 0 Å². The molecule has 0 aliphatic carbocycles. The Morgan fingerprint density at radius 3 is 3.13 bits per heavy atom. The first-order valence-electron chi connectivity index (χ1n) is 4.62. The van der Waals surface area contributed by atoms with Gasteiger partial charge in [0.15, 0.2) is 11.2 Å². The summed E-state index contributed by atoms with van der Waals surface area (Å²) >= 11 is 2.19. The van der Waals surface area contributed by atoms with Gasteiger partial charge in [-0.3, -0.25) is 0 Å². The van der Waals surface area contributed by atoms with Gasteiger partial charge < -0.3 is 13.9 Å². The lowest BCUT2D eigenvalue weighted by molar-refractivity contribution is 0.0750. The number of rotatable bonds is 3. The third-order valence-electron chi connectivity index (χ3n) is 2.35. The van der Waals surface area contributed by atoms with E-state index in [2.05, 4.69) is 22.6 Å². The molecule has 15 heavy (non-hydrogen) atoms. The molecular weight excluding hydrogens is 311 g/mol. The predicted molar refractivity (Wildman–Crippen MR) is 61.1 cm³/mol. The lowest BCUT2D eigenvalue weighted by Crippen LogP contribution is -2.06. The summed E-state index contributed by atoms with van der Waals surface area (Å²) in [5.41, 5.74) is 1.62. The zero-order valence-electron chi connectivity index (χ0n) is 7.87. The van der Waals surface area contributed by atoms with Crippen LogP contribution in [0.4, 0.5) is 0 Å². The third kappa shape index (κ3) is 1.15. The van der Waals surface area contributed by atoms with Crippen LogP contribution in [0.2, 0.25) is 0 Å². The summed E-state index contributed by atoms with van der Waals surface area (Å²) in [6.45, 7) is 2.02. The van der Waals surface area contributed by atoms with Crippen molar-refractivity contribution in [1.29, 1.82) is 0 Å². The molecule has 78 valence electrons. The monoisotopic (exact) mass is 318 g/mol. The van der Waals surface area contributed by atoms with Crippen LogP contribution in [0.3, 0.4) is 0 Å². The number of hydrogen-bond donors (Lipinski definition) is 0. The molecule has 2 aromatic rings. The highest BCUT2D eigenvalue weighted by Gasteiger charge is 2.36. The third-order valence-corrected chi connectivity index (χ3v) is 3.48. The maximum absolute atomic E-state index is 11.3. The molecule has 2 aromatic heterocycles. The van der Waals surface area contributed by atoms with Crippen molar-refractivity contribution < 1.29 is 18.7 Å². The molecule has 0 N–H and O–H groups in total.